The fourth-order valence-electron chi connectivity index (χ4n) is 2.46. The highest BCUT2D eigenvalue weighted by molar-refractivity contribution is 6.04. The molecular weight excluding hydrogens is 304 g/mol. The van der Waals surface area contributed by atoms with Crippen molar-refractivity contribution >= 4 is 17.4 Å². The van der Waals surface area contributed by atoms with Crippen LogP contribution in [-0.2, 0) is 0 Å². The van der Waals surface area contributed by atoms with Crippen LogP contribution < -0.4 is 5.32 Å². The third-order valence-electron chi connectivity index (χ3n) is 3.71. The normalized spacial score (nSPS) is 10.4. The molecule has 6 heteroatoms. The lowest BCUT2D eigenvalue weighted by Crippen LogP contribution is -2.12. The Morgan fingerprint density at radius 3 is 2.25 bits per heavy atom. The third-order valence-corrected chi connectivity index (χ3v) is 3.71. The van der Waals surface area contributed by atoms with Crippen molar-refractivity contribution in [2.45, 2.75) is 13.8 Å². The maximum Gasteiger partial charge on any atom is 0.255 e. The largest absolute Gasteiger partial charge is 0.322 e. The molecule has 6 nitrogen and oxygen atoms in total. The standard InChI is InChI=1S/C18H16N4O2/c1-12-9-15(5-8-17(12)13(2)23)21-18(24)14-3-6-16(7-4-14)22-10-19-20-11-22/h3-11H,1-2H3,(H,21,24). The molecule has 3 rings (SSSR count). The van der Waals surface area contributed by atoms with Gasteiger partial charge in [-0.05, 0) is 61.9 Å². The highest BCUT2D eigenvalue weighted by Crippen LogP contribution is 2.17. The second kappa shape index (κ2) is 6.45. The van der Waals surface area contributed by atoms with Crippen LogP contribution in [0.5, 0.6) is 0 Å². The van der Waals surface area contributed by atoms with Gasteiger partial charge in [0.1, 0.15) is 12.7 Å². The average molecular weight is 320 g/mol. The zero-order chi connectivity index (χ0) is 17.1. The fraction of sp³-hybridized carbons (Fsp3) is 0.111. The Kier molecular flexibility index (Phi) is 4.20. The lowest BCUT2D eigenvalue weighted by atomic mass is 10.0. The third kappa shape index (κ3) is 3.22. The molecule has 0 saturated carbocycles. The summed E-state index contributed by atoms with van der Waals surface area (Å²) in [7, 11) is 0. The zero-order valence-corrected chi connectivity index (χ0v) is 13.4. The Morgan fingerprint density at radius 2 is 1.67 bits per heavy atom. The number of carbonyl (C=O) groups is 2. The number of aromatic nitrogens is 3. The Balaban J connectivity index is 1.75. The van der Waals surface area contributed by atoms with E-state index >= 15 is 0 Å². The Hall–Kier alpha value is -3.28. The van der Waals surface area contributed by atoms with Crippen molar-refractivity contribution in [3.8, 4) is 5.69 Å². The quantitative estimate of drug-likeness (QED) is 0.750. The summed E-state index contributed by atoms with van der Waals surface area (Å²) < 4.78 is 1.76. The lowest BCUT2D eigenvalue weighted by Gasteiger charge is -2.09. The predicted molar refractivity (Wildman–Crippen MR) is 90.5 cm³/mol. The van der Waals surface area contributed by atoms with Gasteiger partial charge in [-0.1, -0.05) is 0 Å². The minimum Gasteiger partial charge on any atom is -0.322 e. The van der Waals surface area contributed by atoms with Crippen LogP contribution in [0.3, 0.4) is 0 Å². The van der Waals surface area contributed by atoms with Gasteiger partial charge in [-0.2, -0.15) is 0 Å². The fourth-order valence-corrected chi connectivity index (χ4v) is 2.46. The van der Waals surface area contributed by atoms with Gasteiger partial charge in [-0.15, -0.1) is 10.2 Å². The summed E-state index contributed by atoms with van der Waals surface area (Å²) in [5.41, 5.74) is 3.57. The molecule has 1 N–H and O–H groups in total. The molecule has 0 aliphatic rings. The van der Waals surface area contributed by atoms with Gasteiger partial charge in [0.05, 0.1) is 0 Å². The smallest absolute Gasteiger partial charge is 0.255 e. The molecule has 0 fully saturated rings. The number of Topliss-reactive ketones (excluding diaryl/α,β-unsaturated/α-hetero) is 1. The number of nitrogens with one attached hydrogen (secondary N) is 1. The molecule has 0 radical (unpaired) electrons. The first-order valence-electron chi connectivity index (χ1n) is 7.42. The number of rotatable bonds is 4. The van der Waals surface area contributed by atoms with Gasteiger partial charge in [0.25, 0.3) is 5.91 Å². The van der Waals surface area contributed by atoms with Crippen molar-refractivity contribution in [3.63, 3.8) is 0 Å². The summed E-state index contributed by atoms with van der Waals surface area (Å²) in [6, 6.07) is 12.4. The van der Waals surface area contributed by atoms with Crippen LogP contribution in [0.4, 0.5) is 5.69 Å². The van der Waals surface area contributed by atoms with Crippen molar-refractivity contribution in [2.75, 3.05) is 5.32 Å². The highest BCUT2D eigenvalue weighted by atomic mass is 16.1. The van der Waals surface area contributed by atoms with Crippen molar-refractivity contribution in [2.24, 2.45) is 0 Å². The molecule has 2 aromatic carbocycles. The van der Waals surface area contributed by atoms with E-state index in [9.17, 15) is 9.59 Å². The van der Waals surface area contributed by atoms with E-state index in [1.54, 1.807) is 47.6 Å². The van der Waals surface area contributed by atoms with Gasteiger partial charge < -0.3 is 5.32 Å². The molecular formula is C18H16N4O2. The summed E-state index contributed by atoms with van der Waals surface area (Å²) in [4.78, 5) is 23.8. The molecule has 0 spiro atoms. The van der Waals surface area contributed by atoms with Crippen LogP contribution in [0.15, 0.2) is 55.1 Å². The molecule has 120 valence electrons. The molecule has 1 heterocycles. The van der Waals surface area contributed by atoms with E-state index in [4.69, 9.17) is 0 Å². The number of anilines is 1. The summed E-state index contributed by atoms with van der Waals surface area (Å²) in [5, 5.41) is 10.3. The van der Waals surface area contributed by atoms with Crippen LogP contribution in [0.2, 0.25) is 0 Å². The second-order valence-corrected chi connectivity index (χ2v) is 5.46. The van der Waals surface area contributed by atoms with E-state index in [0.29, 0.717) is 16.8 Å². The number of nitrogens with zero attached hydrogens (tertiary/aromatic N) is 3. The summed E-state index contributed by atoms with van der Waals surface area (Å²) in [6.07, 6.45) is 3.18. The van der Waals surface area contributed by atoms with Gasteiger partial charge in [-0.25, -0.2) is 0 Å². The van der Waals surface area contributed by atoms with E-state index in [1.807, 2.05) is 19.1 Å². The molecule has 0 atom stereocenters. The molecule has 3 aromatic rings. The number of amides is 1. The summed E-state index contributed by atoms with van der Waals surface area (Å²) in [6.45, 7) is 3.37. The molecule has 0 saturated heterocycles. The SMILES string of the molecule is CC(=O)c1ccc(NC(=O)c2ccc(-n3cnnc3)cc2)cc1C. The number of benzene rings is 2. The number of aryl methyl sites for hydroxylation is 1. The molecule has 1 amide bonds. The lowest BCUT2D eigenvalue weighted by molar-refractivity contribution is 0.101. The van der Waals surface area contributed by atoms with E-state index < -0.39 is 0 Å². The first kappa shape index (κ1) is 15.6. The van der Waals surface area contributed by atoms with Crippen LogP contribution in [-0.4, -0.2) is 26.5 Å². The van der Waals surface area contributed by atoms with E-state index in [1.165, 1.54) is 6.92 Å². The topological polar surface area (TPSA) is 76.9 Å². The molecule has 24 heavy (non-hydrogen) atoms. The van der Waals surface area contributed by atoms with Crippen LogP contribution in [0, 0.1) is 6.92 Å². The summed E-state index contributed by atoms with van der Waals surface area (Å²) in [5.74, 6) is -0.199. The Bertz CT molecular complexity index is 884. The molecule has 0 unspecified atom stereocenters. The van der Waals surface area contributed by atoms with Crippen molar-refractivity contribution < 1.29 is 9.59 Å². The average Bonchev–Trinajstić information content (AvgIpc) is 3.09. The minimum atomic E-state index is -0.208. The maximum atomic E-state index is 12.3. The molecule has 0 aliphatic carbocycles. The number of carbonyl (C=O) groups excluding carboxylic acids is 2. The van der Waals surface area contributed by atoms with Crippen LogP contribution in [0.1, 0.15) is 33.2 Å². The van der Waals surface area contributed by atoms with Crippen LogP contribution in [0.25, 0.3) is 5.69 Å². The number of hydrogen-bond donors (Lipinski definition) is 1. The number of hydrogen-bond acceptors (Lipinski definition) is 4. The van der Waals surface area contributed by atoms with E-state index in [2.05, 4.69) is 15.5 Å². The zero-order valence-electron chi connectivity index (χ0n) is 13.4. The van der Waals surface area contributed by atoms with Crippen molar-refractivity contribution in [1.82, 2.24) is 14.8 Å². The first-order valence-corrected chi connectivity index (χ1v) is 7.42. The highest BCUT2D eigenvalue weighted by Gasteiger charge is 2.09. The number of ketones is 1. The van der Waals surface area contributed by atoms with Crippen LogP contribution >= 0.6 is 0 Å². The predicted octanol–water partition coefficient (Wildman–Crippen LogP) is 3.03. The van der Waals surface area contributed by atoms with E-state index in [-0.39, 0.29) is 11.7 Å². The summed E-state index contributed by atoms with van der Waals surface area (Å²) >= 11 is 0. The Labute approximate surface area is 139 Å². The molecule has 0 aliphatic heterocycles. The molecule has 1 aromatic heterocycles. The monoisotopic (exact) mass is 320 g/mol. The maximum absolute atomic E-state index is 12.3. The molecule has 0 bridgehead atoms. The second-order valence-electron chi connectivity index (χ2n) is 5.46. The van der Waals surface area contributed by atoms with Gasteiger partial charge in [-0.3, -0.25) is 14.2 Å². The van der Waals surface area contributed by atoms with E-state index in [0.717, 1.165) is 11.3 Å². The van der Waals surface area contributed by atoms with Crippen molar-refractivity contribution in [1.29, 1.82) is 0 Å². The first-order chi connectivity index (χ1) is 11.5. The van der Waals surface area contributed by atoms with Crippen molar-refractivity contribution in [3.05, 3.63) is 71.8 Å². The van der Waals surface area contributed by atoms with Gasteiger partial charge >= 0.3 is 0 Å². The Morgan fingerprint density at radius 1 is 1.00 bits per heavy atom. The van der Waals surface area contributed by atoms with Gasteiger partial charge in [0, 0.05) is 22.5 Å². The minimum absolute atomic E-state index is 0.00922. The van der Waals surface area contributed by atoms with Gasteiger partial charge in [0.15, 0.2) is 5.78 Å². The van der Waals surface area contributed by atoms with Gasteiger partial charge in [0.2, 0.25) is 0 Å².